The molecule has 0 radical (unpaired) electrons. The summed E-state index contributed by atoms with van der Waals surface area (Å²) in [5.74, 6) is 0. The van der Waals surface area contributed by atoms with Gasteiger partial charge >= 0.3 is 6.16 Å². The number of aromatic nitrogens is 1. The van der Waals surface area contributed by atoms with Crippen LogP contribution in [0.5, 0.6) is 0 Å². The van der Waals surface area contributed by atoms with Gasteiger partial charge in [0.25, 0.3) is 0 Å². The Morgan fingerprint density at radius 3 is 3.00 bits per heavy atom. The largest absolute Gasteiger partial charge is 0.508 e. The van der Waals surface area contributed by atoms with Crippen LogP contribution in [-0.4, -0.2) is 54.4 Å². The summed E-state index contributed by atoms with van der Waals surface area (Å²) in [6.45, 7) is 6.20. The molecule has 1 unspecified atom stereocenters. The van der Waals surface area contributed by atoms with Crippen LogP contribution in [0.25, 0.3) is 5.70 Å². The fourth-order valence-electron chi connectivity index (χ4n) is 3.22. The molecule has 0 bridgehead atoms. The first-order chi connectivity index (χ1) is 11.1. The van der Waals surface area contributed by atoms with Gasteiger partial charge in [-0.05, 0) is 0 Å². The van der Waals surface area contributed by atoms with Crippen LogP contribution in [-0.2, 0) is 20.6 Å². The Morgan fingerprint density at radius 1 is 1.35 bits per heavy atom. The predicted molar refractivity (Wildman–Crippen MR) is 80.3 cm³/mol. The number of carbonyl (C=O) groups excluding carboxylic acids is 1. The molecule has 2 atom stereocenters. The summed E-state index contributed by atoms with van der Waals surface area (Å²) in [7, 11) is 0. The van der Waals surface area contributed by atoms with E-state index in [-0.39, 0.29) is 18.2 Å². The highest BCUT2D eigenvalue weighted by atomic mass is 16.8. The Kier molecular flexibility index (Phi) is 3.26. The molecule has 4 rings (SSSR count). The van der Waals surface area contributed by atoms with Crippen LogP contribution >= 0.6 is 0 Å². The summed E-state index contributed by atoms with van der Waals surface area (Å²) in [6, 6.07) is 1.50. The third-order valence-electron chi connectivity index (χ3n) is 4.32. The van der Waals surface area contributed by atoms with Crippen molar-refractivity contribution in [3.63, 3.8) is 0 Å². The van der Waals surface area contributed by atoms with E-state index in [1.54, 1.807) is 10.9 Å². The van der Waals surface area contributed by atoms with Crippen molar-refractivity contribution in [2.45, 2.75) is 18.7 Å². The van der Waals surface area contributed by atoms with Crippen molar-refractivity contribution in [2.24, 2.45) is 0 Å². The van der Waals surface area contributed by atoms with E-state index in [0.29, 0.717) is 31.7 Å². The first kappa shape index (κ1) is 14.1. The highest BCUT2D eigenvalue weighted by Gasteiger charge is 2.34. The van der Waals surface area contributed by atoms with E-state index in [2.05, 4.69) is 16.9 Å². The molecule has 2 fully saturated rings. The van der Waals surface area contributed by atoms with Crippen LogP contribution in [0.4, 0.5) is 4.79 Å². The highest BCUT2D eigenvalue weighted by molar-refractivity contribution is 5.65. The molecule has 2 saturated heterocycles. The number of fused-ring (bicyclic) bond motifs is 2. The monoisotopic (exact) mass is 319 g/mol. The SMILES string of the molecule is C=C1c2c(CC3COC(=O)O3)c(=O)ccn2N[C@@H]2COCCN12. The van der Waals surface area contributed by atoms with Crippen LogP contribution in [0.15, 0.2) is 23.6 Å². The van der Waals surface area contributed by atoms with Crippen molar-refractivity contribution in [2.75, 3.05) is 31.8 Å². The van der Waals surface area contributed by atoms with E-state index in [1.165, 1.54) is 6.07 Å². The molecule has 4 heterocycles. The lowest BCUT2D eigenvalue weighted by Gasteiger charge is -2.44. The van der Waals surface area contributed by atoms with Gasteiger partial charge in [-0.25, -0.2) is 4.79 Å². The second kappa shape index (κ2) is 5.31. The molecule has 122 valence electrons. The molecule has 0 aromatic carbocycles. The Labute approximate surface area is 132 Å². The summed E-state index contributed by atoms with van der Waals surface area (Å²) < 4.78 is 17.1. The molecule has 8 heteroatoms. The predicted octanol–water partition coefficient (Wildman–Crippen LogP) is 0.112. The Hall–Kier alpha value is -2.48. The topological polar surface area (TPSA) is 82.0 Å². The van der Waals surface area contributed by atoms with E-state index < -0.39 is 12.3 Å². The van der Waals surface area contributed by atoms with E-state index >= 15 is 0 Å². The molecule has 8 nitrogen and oxygen atoms in total. The number of ether oxygens (including phenoxy) is 3. The number of rotatable bonds is 2. The second-order valence-electron chi connectivity index (χ2n) is 5.74. The average Bonchev–Trinajstić information content (AvgIpc) is 2.96. The van der Waals surface area contributed by atoms with Crippen LogP contribution < -0.4 is 10.9 Å². The number of carbonyl (C=O) groups is 1. The first-order valence-corrected chi connectivity index (χ1v) is 7.51. The summed E-state index contributed by atoms with van der Waals surface area (Å²) in [5, 5.41) is 0. The summed E-state index contributed by atoms with van der Waals surface area (Å²) in [6.07, 6.45) is 0.848. The Bertz CT molecular complexity index is 728. The molecule has 1 aromatic rings. The first-order valence-electron chi connectivity index (χ1n) is 7.51. The van der Waals surface area contributed by atoms with Crippen molar-refractivity contribution in [1.29, 1.82) is 0 Å². The molecule has 3 aliphatic rings. The molecule has 0 spiro atoms. The van der Waals surface area contributed by atoms with Gasteiger partial charge in [0.2, 0.25) is 0 Å². The summed E-state index contributed by atoms with van der Waals surface area (Å²) >= 11 is 0. The number of nitrogens with zero attached hydrogens (tertiary/aromatic N) is 2. The van der Waals surface area contributed by atoms with Crippen molar-refractivity contribution >= 4 is 11.9 Å². The molecule has 0 amide bonds. The normalized spacial score (nSPS) is 26.0. The van der Waals surface area contributed by atoms with Crippen LogP contribution in [0, 0.1) is 0 Å². The van der Waals surface area contributed by atoms with Gasteiger partial charge in [0, 0.05) is 30.8 Å². The number of morpholine rings is 1. The molecule has 3 aliphatic heterocycles. The van der Waals surface area contributed by atoms with Gasteiger partial charge in [-0.2, -0.15) is 0 Å². The molecule has 0 aliphatic carbocycles. The molecular weight excluding hydrogens is 302 g/mol. The van der Waals surface area contributed by atoms with Crippen LogP contribution in [0.1, 0.15) is 11.3 Å². The smallest absolute Gasteiger partial charge is 0.430 e. The zero-order valence-corrected chi connectivity index (χ0v) is 12.5. The number of hydrogen-bond donors (Lipinski definition) is 1. The maximum atomic E-state index is 12.4. The minimum absolute atomic E-state index is 0.00764. The zero-order valence-electron chi connectivity index (χ0n) is 12.5. The fourth-order valence-corrected chi connectivity index (χ4v) is 3.22. The minimum atomic E-state index is -0.690. The maximum absolute atomic E-state index is 12.4. The van der Waals surface area contributed by atoms with Crippen molar-refractivity contribution in [3.05, 3.63) is 40.3 Å². The lowest BCUT2D eigenvalue weighted by atomic mass is 10.0. The lowest BCUT2D eigenvalue weighted by molar-refractivity contribution is 0.0232. The van der Waals surface area contributed by atoms with Crippen LogP contribution in [0.3, 0.4) is 0 Å². The molecular formula is C15H17N3O5. The molecule has 23 heavy (non-hydrogen) atoms. The Balaban J connectivity index is 1.71. The summed E-state index contributed by atoms with van der Waals surface area (Å²) in [4.78, 5) is 25.5. The molecule has 0 saturated carbocycles. The van der Waals surface area contributed by atoms with E-state index in [4.69, 9.17) is 14.2 Å². The third-order valence-corrected chi connectivity index (χ3v) is 4.32. The molecule has 1 N–H and O–H groups in total. The van der Waals surface area contributed by atoms with Gasteiger partial charge < -0.3 is 24.5 Å². The quantitative estimate of drug-likeness (QED) is 0.775. The average molecular weight is 319 g/mol. The van der Waals surface area contributed by atoms with Crippen molar-refractivity contribution < 1.29 is 19.0 Å². The lowest BCUT2D eigenvalue weighted by Crippen LogP contribution is -2.55. The highest BCUT2D eigenvalue weighted by Crippen LogP contribution is 2.28. The second-order valence-corrected chi connectivity index (χ2v) is 5.74. The summed E-state index contributed by atoms with van der Waals surface area (Å²) in [5.41, 5.74) is 5.27. The van der Waals surface area contributed by atoms with Gasteiger partial charge in [0.1, 0.15) is 18.9 Å². The van der Waals surface area contributed by atoms with E-state index in [0.717, 1.165) is 11.4 Å². The number of hydrogen-bond acceptors (Lipinski definition) is 7. The maximum Gasteiger partial charge on any atom is 0.508 e. The number of cyclic esters (lactones) is 2. The zero-order chi connectivity index (χ0) is 16.0. The van der Waals surface area contributed by atoms with Crippen molar-refractivity contribution in [3.8, 4) is 0 Å². The fraction of sp³-hybridized carbons (Fsp3) is 0.467. The number of nitrogens with one attached hydrogen (secondary N) is 1. The van der Waals surface area contributed by atoms with Crippen LogP contribution in [0.2, 0.25) is 0 Å². The minimum Gasteiger partial charge on any atom is -0.430 e. The van der Waals surface area contributed by atoms with Gasteiger partial charge in [0.15, 0.2) is 5.43 Å². The Morgan fingerprint density at radius 2 is 2.22 bits per heavy atom. The molecule has 1 aromatic heterocycles. The van der Waals surface area contributed by atoms with Gasteiger partial charge in [-0.15, -0.1) is 0 Å². The number of pyridine rings is 1. The third kappa shape index (κ3) is 2.35. The standard InChI is InChI=1S/C15H17N3O5/c1-9-14-11(6-10-7-22-15(20)23-10)12(19)2-3-18(14)16-13-8-21-5-4-17(9)13/h2-3,10,13,16H,1,4-8H2/t10?,13-/m0/s1. The van der Waals surface area contributed by atoms with Crippen molar-refractivity contribution in [1.82, 2.24) is 9.58 Å². The van der Waals surface area contributed by atoms with E-state index in [9.17, 15) is 9.59 Å². The van der Waals surface area contributed by atoms with Gasteiger partial charge in [-0.3, -0.25) is 9.47 Å². The van der Waals surface area contributed by atoms with Gasteiger partial charge in [0.05, 0.1) is 24.6 Å². The van der Waals surface area contributed by atoms with E-state index in [1.807, 2.05) is 0 Å². The van der Waals surface area contributed by atoms with Gasteiger partial charge in [-0.1, -0.05) is 6.58 Å².